The van der Waals surface area contributed by atoms with Crippen molar-refractivity contribution in [1.29, 1.82) is 0 Å². The number of rotatable bonds is 3. The van der Waals surface area contributed by atoms with Crippen molar-refractivity contribution < 1.29 is 14.3 Å². The van der Waals surface area contributed by atoms with Crippen molar-refractivity contribution in [3.05, 3.63) is 65.6 Å². The Balaban J connectivity index is 1.93. The molecule has 3 N–H and O–H groups in total. The highest BCUT2D eigenvalue weighted by molar-refractivity contribution is 5.91. The number of hydrogen-bond acceptors (Lipinski definition) is 2. The lowest BCUT2D eigenvalue weighted by Crippen LogP contribution is -2.24. The topological polar surface area (TPSA) is 61.4 Å². The van der Waals surface area contributed by atoms with E-state index in [1.54, 1.807) is 37.3 Å². The van der Waals surface area contributed by atoms with Crippen LogP contribution in [0.4, 0.5) is 14.9 Å². The second kappa shape index (κ2) is 6.56. The molecule has 0 radical (unpaired) electrons. The maximum Gasteiger partial charge on any atom is 0.323 e. The number of nitrogens with one attached hydrogen (secondary N) is 2. The Morgan fingerprint density at radius 2 is 2.05 bits per heavy atom. The summed E-state index contributed by atoms with van der Waals surface area (Å²) in [6.45, 7) is 1.78. The highest BCUT2D eigenvalue weighted by Gasteiger charge is 2.03. The van der Waals surface area contributed by atoms with Crippen molar-refractivity contribution in [2.45, 2.75) is 6.92 Å². The van der Waals surface area contributed by atoms with Crippen molar-refractivity contribution >= 4 is 17.8 Å². The van der Waals surface area contributed by atoms with Crippen LogP contribution in [-0.4, -0.2) is 11.1 Å². The van der Waals surface area contributed by atoms with Gasteiger partial charge in [-0.25, -0.2) is 9.18 Å². The summed E-state index contributed by atoms with van der Waals surface area (Å²) in [4.78, 5) is 11.7. The first kappa shape index (κ1) is 14.6. The van der Waals surface area contributed by atoms with Crippen molar-refractivity contribution in [3.63, 3.8) is 0 Å². The molecule has 0 aromatic heterocycles. The third-order valence-corrected chi connectivity index (χ3v) is 2.80. The van der Waals surface area contributed by atoms with E-state index in [1.165, 1.54) is 24.4 Å². The van der Waals surface area contributed by atoms with Gasteiger partial charge in [0.15, 0.2) is 0 Å². The Kier molecular flexibility index (Phi) is 4.56. The molecule has 0 bridgehead atoms. The lowest BCUT2D eigenvalue weighted by molar-refractivity contribution is 0.255. The molecule has 0 unspecified atom stereocenters. The Bertz CT molecular complexity index is 684. The molecule has 2 aromatic rings. The summed E-state index contributed by atoms with van der Waals surface area (Å²) in [5.41, 5.74) is 2.00. The first-order valence-electron chi connectivity index (χ1n) is 6.34. The molecule has 2 amide bonds. The molecule has 2 rings (SSSR count). The van der Waals surface area contributed by atoms with Crippen molar-refractivity contribution in [1.82, 2.24) is 5.32 Å². The number of phenols is 1. The van der Waals surface area contributed by atoms with Crippen LogP contribution < -0.4 is 10.6 Å². The fraction of sp³-hybridized carbons (Fsp3) is 0.0625. The summed E-state index contributed by atoms with van der Waals surface area (Å²) in [5.74, 6) is -0.189. The summed E-state index contributed by atoms with van der Waals surface area (Å²) in [5, 5.41) is 14.5. The van der Waals surface area contributed by atoms with E-state index in [0.717, 1.165) is 5.56 Å². The predicted molar refractivity (Wildman–Crippen MR) is 80.4 cm³/mol. The molecule has 0 aliphatic heterocycles. The summed E-state index contributed by atoms with van der Waals surface area (Å²) in [6.07, 6.45) is 3.02. The zero-order valence-corrected chi connectivity index (χ0v) is 11.4. The van der Waals surface area contributed by atoms with E-state index >= 15 is 0 Å². The SMILES string of the molecule is Cc1cc(O)ccc1NC(=O)N/C=C/c1cccc(F)c1. The van der Waals surface area contributed by atoms with E-state index in [9.17, 15) is 14.3 Å². The summed E-state index contributed by atoms with van der Waals surface area (Å²) >= 11 is 0. The van der Waals surface area contributed by atoms with Crippen LogP contribution in [0.3, 0.4) is 0 Å². The summed E-state index contributed by atoms with van der Waals surface area (Å²) in [6, 6.07) is 10.3. The second-order valence-electron chi connectivity index (χ2n) is 4.49. The van der Waals surface area contributed by atoms with Gasteiger partial charge in [0.1, 0.15) is 11.6 Å². The van der Waals surface area contributed by atoms with Crippen molar-refractivity contribution in [2.24, 2.45) is 0 Å². The van der Waals surface area contributed by atoms with Gasteiger partial charge in [-0.15, -0.1) is 0 Å². The van der Waals surface area contributed by atoms with Crippen LogP contribution in [0.25, 0.3) is 6.08 Å². The fourth-order valence-electron chi connectivity index (χ4n) is 1.77. The monoisotopic (exact) mass is 286 g/mol. The number of benzene rings is 2. The van der Waals surface area contributed by atoms with Gasteiger partial charge in [-0.05, 0) is 54.5 Å². The van der Waals surface area contributed by atoms with Gasteiger partial charge in [-0.1, -0.05) is 12.1 Å². The van der Waals surface area contributed by atoms with Crippen LogP contribution in [0.5, 0.6) is 5.75 Å². The van der Waals surface area contributed by atoms with Crippen LogP contribution in [0, 0.1) is 12.7 Å². The molecule has 2 aromatic carbocycles. The van der Waals surface area contributed by atoms with E-state index in [2.05, 4.69) is 10.6 Å². The van der Waals surface area contributed by atoms with Crippen LogP contribution in [-0.2, 0) is 0 Å². The van der Waals surface area contributed by atoms with Crippen LogP contribution in [0.1, 0.15) is 11.1 Å². The highest BCUT2D eigenvalue weighted by Crippen LogP contribution is 2.19. The molecule has 0 saturated carbocycles. The largest absolute Gasteiger partial charge is 0.508 e. The van der Waals surface area contributed by atoms with Gasteiger partial charge in [-0.3, -0.25) is 0 Å². The van der Waals surface area contributed by atoms with E-state index in [1.807, 2.05) is 0 Å². The number of phenolic OH excluding ortho intramolecular Hbond substituents is 1. The van der Waals surface area contributed by atoms with Gasteiger partial charge in [0.05, 0.1) is 0 Å². The molecule has 21 heavy (non-hydrogen) atoms. The Morgan fingerprint density at radius 3 is 2.76 bits per heavy atom. The van der Waals surface area contributed by atoms with E-state index < -0.39 is 6.03 Å². The van der Waals surface area contributed by atoms with E-state index in [0.29, 0.717) is 11.3 Å². The quantitative estimate of drug-likeness (QED) is 0.754. The standard InChI is InChI=1S/C16H15FN2O2/c1-11-9-14(20)5-6-15(11)19-16(21)18-8-7-12-3-2-4-13(17)10-12/h2-10,20H,1H3,(H2,18,19,21)/b8-7+. The normalized spacial score (nSPS) is 10.6. The number of carbonyl (C=O) groups is 1. The highest BCUT2D eigenvalue weighted by atomic mass is 19.1. The molecular formula is C16H15FN2O2. The Hall–Kier alpha value is -2.82. The van der Waals surface area contributed by atoms with Gasteiger partial charge in [0.25, 0.3) is 0 Å². The molecular weight excluding hydrogens is 271 g/mol. The van der Waals surface area contributed by atoms with E-state index in [-0.39, 0.29) is 11.6 Å². The number of aromatic hydroxyl groups is 1. The number of hydrogen-bond donors (Lipinski definition) is 3. The second-order valence-corrected chi connectivity index (χ2v) is 4.49. The molecule has 0 atom stereocenters. The van der Waals surface area contributed by atoms with Crippen LogP contribution >= 0.6 is 0 Å². The fourth-order valence-corrected chi connectivity index (χ4v) is 1.77. The van der Waals surface area contributed by atoms with Crippen molar-refractivity contribution in [3.8, 4) is 5.75 Å². The molecule has 0 spiro atoms. The maximum atomic E-state index is 13.0. The summed E-state index contributed by atoms with van der Waals surface area (Å²) in [7, 11) is 0. The third kappa shape index (κ3) is 4.35. The molecule has 0 aliphatic carbocycles. The molecule has 0 heterocycles. The van der Waals surface area contributed by atoms with Gasteiger partial charge < -0.3 is 15.7 Å². The van der Waals surface area contributed by atoms with Crippen LogP contribution in [0.15, 0.2) is 48.7 Å². The third-order valence-electron chi connectivity index (χ3n) is 2.80. The first-order valence-corrected chi connectivity index (χ1v) is 6.34. The zero-order chi connectivity index (χ0) is 15.2. The van der Waals surface area contributed by atoms with Crippen molar-refractivity contribution in [2.75, 3.05) is 5.32 Å². The lowest BCUT2D eigenvalue weighted by atomic mass is 10.2. The van der Waals surface area contributed by atoms with Gasteiger partial charge in [-0.2, -0.15) is 0 Å². The predicted octanol–water partition coefficient (Wildman–Crippen LogP) is 3.63. The average Bonchev–Trinajstić information content (AvgIpc) is 2.42. The molecule has 108 valence electrons. The molecule has 5 heteroatoms. The minimum Gasteiger partial charge on any atom is -0.508 e. The minimum atomic E-state index is -0.420. The molecule has 4 nitrogen and oxygen atoms in total. The first-order chi connectivity index (χ1) is 10.0. The van der Waals surface area contributed by atoms with Gasteiger partial charge in [0.2, 0.25) is 0 Å². The van der Waals surface area contributed by atoms with Gasteiger partial charge in [0, 0.05) is 11.9 Å². The summed E-state index contributed by atoms with van der Waals surface area (Å²) < 4.78 is 13.0. The average molecular weight is 286 g/mol. The zero-order valence-electron chi connectivity index (χ0n) is 11.4. The number of amides is 2. The lowest BCUT2D eigenvalue weighted by Gasteiger charge is -2.08. The number of anilines is 1. The Morgan fingerprint density at radius 1 is 1.24 bits per heavy atom. The van der Waals surface area contributed by atoms with Gasteiger partial charge >= 0.3 is 6.03 Å². The maximum absolute atomic E-state index is 13.0. The number of urea groups is 1. The smallest absolute Gasteiger partial charge is 0.323 e. The van der Waals surface area contributed by atoms with E-state index in [4.69, 9.17) is 0 Å². The molecule has 0 fully saturated rings. The Labute approximate surface area is 121 Å². The molecule has 0 aliphatic rings. The number of aryl methyl sites for hydroxylation is 1. The molecule has 0 saturated heterocycles. The number of halogens is 1. The number of carbonyl (C=O) groups excluding carboxylic acids is 1. The minimum absolute atomic E-state index is 0.143. The van der Waals surface area contributed by atoms with Crippen LogP contribution in [0.2, 0.25) is 0 Å².